The second-order valence-electron chi connectivity index (χ2n) is 6.91. The fourth-order valence-electron chi connectivity index (χ4n) is 2.77. The molecule has 1 heterocycles. The molecule has 0 fully saturated rings. The normalized spacial score (nSPS) is 15.7. The first-order chi connectivity index (χ1) is 9.22. The molecular formula is C16H32N4. The smallest absolute Gasteiger partial charge is 0.0726 e. The molecule has 0 aliphatic heterocycles. The SMILES string of the molecule is CCCC(C)N(C)C(CN)c1cn(C)nc1C(C)(C)C. The maximum Gasteiger partial charge on any atom is 0.0726 e. The van der Waals surface area contributed by atoms with E-state index in [0.29, 0.717) is 12.6 Å². The molecule has 1 aromatic rings. The molecule has 2 N–H and O–H groups in total. The maximum absolute atomic E-state index is 6.08. The van der Waals surface area contributed by atoms with E-state index in [4.69, 9.17) is 5.73 Å². The molecule has 1 aromatic heterocycles. The summed E-state index contributed by atoms with van der Waals surface area (Å²) in [5.41, 5.74) is 8.55. The molecule has 0 bridgehead atoms. The predicted molar refractivity (Wildman–Crippen MR) is 85.8 cm³/mol. The van der Waals surface area contributed by atoms with Crippen LogP contribution in [-0.2, 0) is 12.5 Å². The summed E-state index contributed by atoms with van der Waals surface area (Å²) in [6.07, 6.45) is 4.52. The summed E-state index contributed by atoms with van der Waals surface area (Å²) in [4.78, 5) is 2.40. The first kappa shape index (κ1) is 17.2. The predicted octanol–water partition coefficient (Wildman–Crippen LogP) is 2.84. The Labute approximate surface area is 124 Å². The number of aromatic nitrogens is 2. The Kier molecular flexibility index (Phi) is 5.78. The highest BCUT2D eigenvalue weighted by atomic mass is 15.3. The molecule has 0 aromatic carbocycles. The van der Waals surface area contributed by atoms with E-state index in [0.717, 1.165) is 5.69 Å². The van der Waals surface area contributed by atoms with Gasteiger partial charge in [-0.15, -0.1) is 0 Å². The zero-order valence-electron chi connectivity index (χ0n) is 14.3. The van der Waals surface area contributed by atoms with Crippen molar-refractivity contribution in [3.63, 3.8) is 0 Å². The first-order valence-electron chi connectivity index (χ1n) is 7.68. The molecule has 0 aliphatic rings. The van der Waals surface area contributed by atoms with Crippen LogP contribution >= 0.6 is 0 Å². The summed E-state index contributed by atoms with van der Waals surface area (Å²) in [7, 11) is 4.17. The van der Waals surface area contributed by atoms with Gasteiger partial charge in [0.1, 0.15) is 0 Å². The Morgan fingerprint density at radius 3 is 2.45 bits per heavy atom. The molecule has 20 heavy (non-hydrogen) atoms. The van der Waals surface area contributed by atoms with Crippen molar-refractivity contribution in [1.82, 2.24) is 14.7 Å². The lowest BCUT2D eigenvalue weighted by molar-refractivity contribution is 0.178. The van der Waals surface area contributed by atoms with Crippen molar-refractivity contribution in [3.05, 3.63) is 17.5 Å². The van der Waals surface area contributed by atoms with Crippen molar-refractivity contribution in [3.8, 4) is 0 Å². The average molecular weight is 280 g/mol. The van der Waals surface area contributed by atoms with E-state index in [1.54, 1.807) is 0 Å². The number of aryl methyl sites for hydroxylation is 1. The molecule has 0 radical (unpaired) electrons. The van der Waals surface area contributed by atoms with Gasteiger partial charge in [0.25, 0.3) is 0 Å². The molecule has 0 aliphatic carbocycles. The lowest BCUT2D eigenvalue weighted by atomic mass is 9.87. The Bertz CT molecular complexity index is 417. The largest absolute Gasteiger partial charge is 0.329 e. The average Bonchev–Trinajstić information content (AvgIpc) is 2.72. The van der Waals surface area contributed by atoms with Crippen molar-refractivity contribution in [2.45, 2.75) is 65.0 Å². The van der Waals surface area contributed by atoms with Crippen LogP contribution in [0.2, 0.25) is 0 Å². The van der Waals surface area contributed by atoms with Gasteiger partial charge in [0.15, 0.2) is 0 Å². The first-order valence-corrected chi connectivity index (χ1v) is 7.68. The van der Waals surface area contributed by atoms with E-state index in [1.165, 1.54) is 18.4 Å². The Morgan fingerprint density at radius 1 is 1.40 bits per heavy atom. The summed E-state index contributed by atoms with van der Waals surface area (Å²) in [6, 6.07) is 0.765. The van der Waals surface area contributed by atoms with E-state index in [9.17, 15) is 0 Å². The van der Waals surface area contributed by atoms with Crippen LogP contribution in [-0.4, -0.2) is 34.3 Å². The summed E-state index contributed by atoms with van der Waals surface area (Å²) >= 11 is 0. The molecule has 0 amide bonds. The van der Waals surface area contributed by atoms with Gasteiger partial charge in [-0.1, -0.05) is 34.1 Å². The second-order valence-corrected chi connectivity index (χ2v) is 6.91. The van der Waals surface area contributed by atoms with Gasteiger partial charge in [0.05, 0.1) is 11.7 Å². The maximum atomic E-state index is 6.08. The van der Waals surface area contributed by atoms with Crippen LogP contribution in [0.25, 0.3) is 0 Å². The fourth-order valence-corrected chi connectivity index (χ4v) is 2.77. The third-order valence-electron chi connectivity index (χ3n) is 4.04. The molecule has 2 atom stereocenters. The molecule has 4 heteroatoms. The molecule has 0 saturated carbocycles. The second kappa shape index (κ2) is 6.72. The number of nitrogens with zero attached hydrogens (tertiary/aromatic N) is 3. The molecule has 1 rings (SSSR count). The number of hydrogen-bond acceptors (Lipinski definition) is 3. The topological polar surface area (TPSA) is 47.1 Å². The van der Waals surface area contributed by atoms with Crippen molar-refractivity contribution in [2.75, 3.05) is 13.6 Å². The fraction of sp³-hybridized carbons (Fsp3) is 0.812. The van der Waals surface area contributed by atoms with E-state index in [1.807, 2.05) is 11.7 Å². The van der Waals surface area contributed by atoms with Gasteiger partial charge in [-0.25, -0.2) is 0 Å². The highest BCUT2D eigenvalue weighted by Gasteiger charge is 2.29. The molecule has 0 saturated heterocycles. The minimum atomic E-state index is 0.0405. The molecule has 116 valence electrons. The zero-order chi connectivity index (χ0) is 15.5. The Hall–Kier alpha value is -0.870. The summed E-state index contributed by atoms with van der Waals surface area (Å²) in [6.45, 7) is 11.8. The van der Waals surface area contributed by atoms with Crippen LogP contribution in [0.3, 0.4) is 0 Å². The monoisotopic (exact) mass is 280 g/mol. The van der Waals surface area contributed by atoms with Gasteiger partial charge in [0, 0.05) is 36.8 Å². The quantitative estimate of drug-likeness (QED) is 0.871. The molecule has 2 unspecified atom stereocenters. The van der Waals surface area contributed by atoms with Crippen molar-refractivity contribution in [1.29, 1.82) is 0 Å². The van der Waals surface area contributed by atoms with Crippen LogP contribution in [0, 0.1) is 0 Å². The lowest BCUT2D eigenvalue weighted by Gasteiger charge is -2.33. The van der Waals surface area contributed by atoms with Gasteiger partial charge in [-0.2, -0.15) is 5.10 Å². The summed E-state index contributed by atoms with van der Waals surface area (Å²) < 4.78 is 1.91. The van der Waals surface area contributed by atoms with Gasteiger partial charge in [0.2, 0.25) is 0 Å². The Morgan fingerprint density at radius 2 is 2.00 bits per heavy atom. The van der Waals surface area contributed by atoms with E-state index < -0.39 is 0 Å². The minimum Gasteiger partial charge on any atom is -0.329 e. The van der Waals surface area contributed by atoms with Gasteiger partial charge in [-0.05, 0) is 20.4 Å². The summed E-state index contributed by atoms with van der Waals surface area (Å²) in [5.74, 6) is 0. The van der Waals surface area contributed by atoms with Crippen LogP contribution in [0.4, 0.5) is 0 Å². The molecule has 4 nitrogen and oxygen atoms in total. The van der Waals surface area contributed by atoms with Crippen molar-refractivity contribution >= 4 is 0 Å². The summed E-state index contributed by atoms with van der Waals surface area (Å²) in [5, 5.41) is 4.67. The third kappa shape index (κ3) is 3.83. The van der Waals surface area contributed by atoms with E-state index in [2.05, 4.69) is 57.9 Å². The Balaban J connectivity index is 3.12. The number of hydrogen-bond donors (Lipinski definition) is 1. The van der Waals surface area contributed by atoms with Crippen LogP contribution in [0.5, 0.6) is 0 Å². The minimum absolute atomic E-state index is 0.0405. The van der Waals surface area contributed by atoms with Crippen molar-refractivity contribution < 1.29 is 0 Å². The molecular weight excluding hydrogens is 248 g/mol. The standard InChI is InChI=1S/C16H32N4/c1-8-9-12(2)20(7)14(10-17)13-11-19(6)18-15(13)16(3,4)5/h11-12,14H,8-10,17H2,1-7H3. The van der Waals surface area contributed by atoms with Gasteiger partial charge in [-0.3, -0.25) is 9.58 Å². The highest BCUT2D eigenvalue weighted by molar-refractivity contribution is 5.28. The van der Waals surface area contributed by atoms with Gasteiger partial charge < -0.3 is 5.73 Å². The number of likely N-dealkylation sites (N-methyl/N-ethyl adjacent to an activating group) is 1. The van der Waals surface area contributed by atoms with E-state index in [-0.39, 0.29) is 11.5 Å². The lowest BCUT2D eigenvalue weighted by Crippen LogP contribution is -2.38. The molecule has 0 spiro atoms. The highest BCUT2D eigenvalue weighted by Crippen LogP contribution is 2.31. The number of rotatable bonds is 6. The van der Waals surface area contributed by atoms with Crippen LogP contribution < -0.4 is 5.73 Å². The van der Waals surface area contributed by atoms with Gasteiger partial charge >= 0.3 is 0 Å². The van der Waals surface area contributed by atoms with Crippen LogP contribution in [0.15, 0.2) is 6.20 Å². The third-order valence-corrected chi connectivity index (χ3v) is 4.04. The van der Waals surface area contributed by atoms with Crippen LogP contribution in [0.1, 0.15) is 64.8 Å². The van der Waals surface area contributed by atoms with Crippen molar-refractivity contribution in [2.24, 2.45) is 12.8 Å². The van der Waals surface area contributed by atoms with E-state index >= 15 is 0 Å². The zero-order valence-corrected chi connectivity index (χ0v) is 14.3. The number of nitrogens with two attached hydrogens (primary N) is 1.